The SMILES string of the molecule is CCCNC1CCCC1CN(CCC)CCO. The van der Waals surface area contributed by atoms with Crippen molar-refractivity contribution in [2.24, 2.45) is 5.92 Å². The maximum atomic E-state index is 9.09. The van der Waals surface area contributed by atoms with Crippen LogP contribution < -0.4 is 5.32 Å². The summed E-state index contributed by atoms with van der Waals surface area (Å²) >= 11 is 0. The molecule has 2 unspecified atom stereocenters. The molecule has 1 rings (SSSR count). The van der Waals surface area contributed by atoms with Crippen LogP contribution in [0, 0.1) is 5.92 Å². The number of aliphatic hydroxyl groups excluding tert-OH is 1. The van der Waals surface area contributed by atoms with E-state index in [1.54, 1.807) is 0 Å². The van der Waals surface area contributed by atoms with Crippen LogP contribution in [0.4, 0.5) is 0 Å². The highest BCUT2D eigenvalue weighted by atomic mass is 16.3. The van der Waals surface area contributed by atoms with Crippen LogP contribution in [0.5, 0.6) is 0 Å². The summed E-state index contributed by atoms with van der Waals surface area (Å²) in [6.45, 7) is 9.00. The molecule has 0 aromatic carbocycles. The van der Waals surface area contributed by atoms with Crippen LogP contribution in [0.1, 0.15) is 46.0 Å². The molecule has 0 aromatic rings. The van der Waals surface area contributed by atoms with Crippen LogP contribution in [-0.2, 0) is 0 Å². The molecule has 0 aliphatic heterocycles. The maximum Gasteiger partial charge on any atom is 0.0558 e. The van der Waals surface area contributed by atoms with Gasteiger partial charge in [-0.15, -0.1) is 0 Å². The molecule has 3 nitrogen and oxygen atoms in total. The first kappa shape index (κ1) is 14.9. The maximum absolute atomic E-state index is 9.09. The molecule has 1 saturated carbocycles. The highest BCUT2D eigenvalue weighted by Crippen LogP contribution is 2.26. The van der Waals surface area contributed by atoms with E-state index in [1.165, 1.54) is 32.1 Å². The Morgan fingerprint density at radius 3 is 2.65 bits per heavy atom. The zero-order valence-electron chi connectivity index (χ0n) is 11.6. The van der Waals surface area contributed by atoms with Crippen molar-refractivity contribution in [2.45, 2.75) is 52.0 Å². The van der Waals surface area contributed by atoms with Gasteiger partial charge < -0.3 is 15.3 Å². The predicted octanol–water partition coefficient (Wildman–Crippen LogP) is 1.86. The van der Waals surface area contributed by atoms with E-state index in [-0.39, 0.29) is 0 Å². The van der Waals surface area contributed by atoms with Gasteiger partial charge in [-0.05, 0) is 44.7 Å². The van der Waals surface area contributed by atoms with Crippen LogP contribution in [0.25, 0.3) is 0 Å². The number of hydrogen-bond acceptors (Lipinski definition) is 3. The first-order valence-electron chi connectivity index (χ1n) is 7.38. The Hall–Kier alpha value is -0.120. The molecule has 0 spiro atoms. The number of rotatable bonds is 9. The van der Waals surface area contributed by atoms with E-state index >= 15 is 0 Å². The summed E-state index contributed by atoms with van der Waals surface area (Å²) in [5.41, 5.74) is 0. The Morgan fingerprint density at radius 1 is 1.18 bits per heavy atom. The average molecular weight is 242 g/mol. The van der Waals surface area contributed by atoms with Crippen molar-refractivity contribution in [1.82, 2.24) is 10.2 Å². The summed E-state index contributed by atoms with van der Waals surface area (Å²) in [5, 5.41) is 12.8. The van der Waals surface area contributed by atoms with Gasteiger partial charge in [-0.2, -0.15) is 0 Å². The molecule has 0 saturated heterocycles. The van der Waals surface area contributed by atoms with Crippen molar-refractivity contribution in [1.29, 1.82) is 0 Å². The number of nitrogens with one attached hydrogen (secondary N) is 1. The van der Waals surface area contributed by atoms with E-state index in [0.717, 1.165) is 32.1 Å². The van der Waals surface area contributed by atoms with Crippen molar-refractivity contribution in [3.63, 3.8) is 0 Å². The molecule has 0 radical (unpaired) electrons. The van der Waals surface area contributed by atoms with Crippen molar-refractivity contribution in [3.8, 4) is 0 Å². The van der Waals surface area contributed by atoms with Gasteiger partial charge in [-0.3, -0.25) is 0 Å². The molecular weight excluding hydrogens is 212 g/mol. The molecule has 2 atom stereocenters. The number of hydrogen-bond donors (Lipinski definition) is 2. The first-order chi connectivity index (χ1) is 8.31. The molecule has 102 valence electrons. The highest BCUT2D eigenvalue weighted by molar-refractivity contribution is 4.85. The van der Waals surface area contributed by atoms with Gasteiger partial charge in [0.25, 0.3) is 0 Å². The minimum Gasteiger partial charge on any atom is -0.395 e. The van der Waals surface area contributed by atoms with Gasteiger partial charge in [0.15, 0.2) is 0 Å². The van der Waals surface area contributed by atoms with Crippen LogP contribution in [0.3, 0.4) is 0 Å². The predicted molar refractivity (Wildman–Crippen MR) is 73.2 cm³/mol. The van der Waals surface area contributed by atoms with E-state index < -0.39 is 0 Å². The van der Waals surface area contributed by atoms with Gasteiger partial charge in [-0.1, -0.05) is 20.3 Å². The van der Waals surface area contributed by atoms with Gasteiger partial charge >= 0.3 is 0 Å². The third kappa shape index (κ3) is 5.36. The van der Waals surface area contributed by atoms with Gasteiger partial charge in [0.05, 0.1) is 6.61 Å². The summed E-state index contributed by atoms with van der Waals surface area (Å²) in [4.78, 5) is 2.43. The van der Waals surface area contributed by atoms with E-state index in [9.17, 15) is 0 Å². The van der Waals surface area contributed by atoms with Crippen LogP contribution >= 0.6 is 0 Å². The molecule has 0 bridgehead atoms. The second-order valence-electron chi connectivity index (χ2n) is 5.28. The number of nitrogens with zero attached hydrogens (tertiary/aromatic N) is 1. The van der Waals surface area contributed by atoms with Crippen molar-refractivity contribution < 1.29 is 5.11 Å². The summed E-state index contributed by atoms with van der Waals surface area (Å²) in [6.07, 6.45) is 6.46. The third-order valence-corrected chi connectivity index (χ3v) is 3.76. The Bertz CT molecular complexity index is 181. The molecule has 1 aliphatic rings. The third-order valence-electron chi connectivity index (χ3n) is 3.76. The normalized spacial score (nSPS) is 24.7. The fourth-order valence-corrected chi connectivity index (χ4v) is 2.94. The minimum atomic E-state index is 0.291. The van der Waals surface area contributed by atoms with E-state index in [1.807, 2.05) is 0 Å². The minimum absolute atomic E-state index is 0.291. The van der Waals surface area contributed by atoms with Gasteiger partial charge in [0.1, 0.15) is 0 Å². The fraction of sp³-hybridized carbons (Fsp3) is 1.00. The smallest absolute Gasteiger partial charge is 0.0558 e. The zero-order valence-corrected chi connectivity index (χ0v) is 11.6. The average Bonchev–Trinajstić information content (AvgIpc) is 2.74. The second-order valence-corrected chi connectivity index (χ2v) is 5.28. The van der Waals surface area contributed by atoms with Crippen LogP contribution in [0.2, 0.25) is 0 Å². The lowest BCUT2D eigenvalue weighted by Crippen LogP contribution is -2.40. The van der Waals surface area contributed by atoms with Crippen molar-refractivity contribution in [3.05, 3.63) is 0 Å². The molecule has 1 aliphatic carbocycles. The zero-order chi connectivity index (χ0) is 12.5. The lowest BCUT2D eigenvalue weighted by Gasteiger charge is -2.28. The lowest BCUT2D eigenvalue weighted by atomic mass is 10.0. The van der Waals surface area contributed by atoms with E-state index in [0.29, 0.717) is 12.6 Å². The lowest BCUT2D eigenvalue weighted by molar-refractivity contribution is 0.167. The summed E-state index contributed by atoms with van der Waals surface area (Å²) in [7, 11) is 0. The quantitative estimate of drug-likeness (QED) is 0.648. The standard InChI is InChI=1S/C14H30N2O/c1-3-8-15-14-7-5-6-13(14)12-16(9-4-2)10-11-17/h13-15,17H,3-12H2,1-2H3. The van der Waals surface area contributed by atoms with Crippen LogP contribution in [-0.4, -0.2) is 48.8 Å². The molecule has 2 N–H and O–H groups in total. The van der Waals surface area contributed by atoms with Crippen molar-refractivity contribution >= 4 is 0 Å². The molecule has 1 fully saturated rings. The molecule has 0 amide bonds. The largest absolute Gasteiger partial charge is 0.395 e. The van der Waals surface area contributed by atoms with Gasteiger partial charge in [-0.25, -0.2) is 0 Å². The molecular formula is C14H30N2O. The Labute approximate surface area is 107 Å². The summed E-state index contributed by atoms with van der Waals surface area (Å²) < 4.78 is 0. The van der Waals surface area contributed by atoms with Gasteiger partial charge in [0, 0.05) is 19.1 Å². The van der Waals surface area contributed by atoms with Crippen LogP contribution in [0.15, 0.2) is 0 Å². The highest BCUT2D eigenvalue weighted by Gasteiger charge is 2.27. The molecule has 0 aromatic heterocycles. The molecule has 0 heterocycles. The summed E-state index contributed by atoms with van der Waals surface area (Å²) in [5.74, 6) is 0.791. The topological polar surface area (TPSA) is 35.5 Å². The fourth-order valence-electron chi connectivity index (χ4n) is 2.94. The molecule has 3 heteroatoms. The van der Waals surface area contributed by atoms with E-state index in [4.69, 9.17) is 5.11 Å². The first-order valence-corrected chi connectivity index (χ1v) is 7.38. The van der Waals surface area contributed by atoms with Crippen molar-refractivity contribution in [2.75, 3.05) is 32.8 Å². The molecule has 17 heavy (non-hydrogen) atoms. The summed E-state index contributed by atoms with van der Waals surface area (Å²) in [6, 6.07) is 0.716. The number of aliphatic hydroxyl groups is 1. The Kier molecular flexibility index (Phi) is 7.82. The second kappa shape index (κ2) is 8.90. The Balaban J connectivity index is 2.35. The Morgan fingerprint density at radius 2 is 2.00 bits per heavy atom. The monoisotopic (exact) mass is 242 g/mol. The van der Waals surface area contributed by atoms with E-state index in [2.05, 4.69) is 24.1 Å². The van der Waals surface area contributed by atoms with Gasteiger partial charge in [0.2, 0.25) is 0 Å².